The Balaban J connectivity index is 0.00000280. The third-order valence-electron chi connectivity index (χ3n) is 4.67. The molecule has 0 unspecified atom stereocenters. The average molecular weight is 489 g/mol. The highest BCUT2D eigenvalue weighted by molar-refractivity contribution is 14.0. The highest BCUT2D eigenvalue weighted by Gasteiger charge is 2.10. The number of aryl methyl sites for hydroxylation is 3. The van der Waals surface area contributed by atoms with Crippen molar-refractivity contribution in [2.24, 2.45) is 12.0 Å². The maximum Gasteiger partial charge on any atom is 0.196 e. The van der Waals surface area contributed by atoms with Crippen LogP contribution in [0.15, 0.2) is 59.6 Å². The summed E-state index contributed by atoms with van der Waals surface area (Å²) < 4.78 is 1.92. The molecule has 0 radical (unpaired) electrons. The van der Waals surface area contributed by atoms with E-state index in [2.05, 4.69) is 53.8 Å². The first-order valence-corrected chi connectivity index (χ1v) is 9.18. The maximum atomic E-state index is 4.77. The van der Waals surface area contributed by atoms with E-state index >= 15 is 0 Å². The first-order valence-electron chi connectivity index (χ1n) is 9.18. The van der Waals surface area contributed by atoms with Crippen LogP contribution in [0.25, 0.3) is 0 Å². The number of rotatable bonds is 5. The van der Waals surface area contributed by atoms with Crippen LogP contribution in [0.3, 0.4) is 0 Å². The lowest BCUT2D eigenvalue weighted by molar-refractivity contribution is 0.729. The number of para-hydroxylation sites is 1. The Labute approximate surface area is 184 Å². The summed E-state index contributed by atoms with van der Waals surface area (Å²) in [6.07, 6.45) is 0. The van der Waals surface area contributed by atoms with E-state index in [1.54, 1.807) is 0 Å². The summed E-state index contributed by atoms with van der Waals surface area (Å²) >= 11 is 0. The van der Waals surface area contributed by atoms with Crippen LogP contribution in [0, 0.1) is 20.8 Å². The topological polar surface area (TPSA) is 54.2 Å². The summed E-state index contributed by atoms with van der Waals surface area (Å²) in [5.41, 5.74) is 6.86. The predicted octanol–water partition coefficient (Wildman–Crippen LogP) is 4.72. The molecule has 0 saturated carbocycles. The van der Waals surface area contributed by atoms with E-state index in [0.29, 0.717) is 13.1 Å². The molecule has 0 bridgehead atoms. The molecule has 0 aliphatic rings. The van der Waals surface area contributed by atoms with Crippen molar-refractivity contribution in [3.63, 3.8) is 0 Å². The van der Waals surface area contributed by atoms with Gasteiger partial charge < -0.3 is 10.6 Å². The zero-order valence-corrected chi connectivity index (χ0v) is 19.2. The van der Waals surface area contributed by atoms with Crippen LogP contribution in [-0.4, -0.2) is 15.7 Å². The molecular weight excluding hydrogens is 461 g/mol. The van der Waals surface area contributed by atoms with Gasteiger partial charge in [-0.1, -0.05) is 48.0 Å². The van der Waals surface area contributed by atoms with Gasteiger partial charge in [-0.25, -0.2) is 4.99 Å². The number of anilines is 1. The van der Waals surface area contributed by atoms with E-state index in [0.717, 1.165) is 23.0 Å². The molecule has 0 fully saturated rings. The van der Waals surface area contributed by atoms with Crippen molar-refractivity contribution >= 4 is 35.6 Å². The lowest BCUT2D eigenvalue weighted by Crippen LogP contribution is -2.30. The number of hydrogen-bond acceptors (Lipinski definition) is 2. The van der Waals surface area contributed by atoms with Gasteiger partial charge in [-0.15, -0.1) is 24.0 Å². The molecule has 0 aliphatic carbocycles. The molecule has 5 nitrogen and oxygen atoms in total. The van der Waals surface area contributed by atoms with Gasteiger partial charge in [0, 0.05) is 30.5 Å². The quantitative estimate of drug-likeness (QED) is 0.310. The van der Waals surface area contributed by atoms with Gasteiger partial charge in [-0.3, -0.25) is 4.68 Å². The Morgan fingerprint density at radius 1 is 1.00 bits per heavy atom. The number of nitrogens with one attached hydrogen (secondary N) is 2. The molecule has 148 valence electrons. The standard InChI is InChI=1S/C22H27N5.HI/c1-16-10-12-19(13-11-16)14-23-22(25-20-8-6-5-7-9-20)24-15-21-17(2)26-27(4)18(21)3;/h5-13H,14-15H2,1-4H3,(H2,23,24,25);1H. The Bertz CT molecular complexity index is 914. The molecule has 6 heteroatoms. The fourth-order valence-corrected chi connectivity index (χ4v) is 2.91. The Morgan fingerprint density at radius 2 is 1.68 bits per heavy atom. The van der Waals surface area contributed by atoms with Crippen molar-refractivity contribution < 1.29 is 0 Å². The van der Waals surface area contributed by atoms with Crippen LogP contribution < -0.4 is 10.6 Å². The second kappa shape index (κ2) is 10.3. The summed E-state index contributed by atoms with van der Waals surface area (Å²) in [4.78, 5) is 4.77. The molecule has 0 atom stereocenters. The average Bonchev–Trinajstić information content (AvgIpc) is 2.91. The zero-order valence-electron chi connectivity index (χ0n) is 16.9. The Kier molecular flexibility index (Phi) is 8.04. The molecule has 0 amide bonds. The number of hydrogen-bond donors (Lipinski definition) is 2. The van der Waals surface area contributed by atoms with Crippen LogP contribution in [0.4, 0.5) is 5.69 Å². The van der Waals surface area contributed by atoms with Crippen LogP contribution in [0.1, 0.15) is 28.1 Å². The Morgan fingerprint density at radius 3 is 2.29 bits per heavy atom. The smallest absolute Gasteiger partial charge is 0.196 e. The largest absolute Gasteiger partial charge is 0.352 e. The van der Waals surface area contributed by atoms with Crippen LogP contribution in [0.2, 0.25) is 0 Å². The van der Waals surface area contributed by atoms with E-state index in [9.17, 15) is 0 Å². The third-order valence-corrected chi connectivity index (χ3v) is 4.67. The van der Waals surface area contributed by atoms with Crippen molar-refractivity contribution in [1.82, 2.24) is 15.1 Å². The second-order valence-corrected chi connectivity index (χ2v) is 6.77. The van der Waals surface area contributed by atoms with Crippen molar-refractivity contribution in [3.05, 3.63) is 82.7 Å². The molecule has 3 aromatic rings. The molecule has 28 heavy (non-hydrogen) atoms. The molecule has 2 aromatic carbocycles. The van der Waals surface area contributed by atoms with Gasteiger partial charge in [-0.05, 0) is 38.5 Å². The molecule has 1 heterocycles. The summed E-state index contributed by atoms with van der Waals surface area (Å²) in [5, 5.41) is 11.3. The van der Waals surface area contributed by atoms with Gasteiger partial charge in [0.05, 0.1) is 12.2 Å². The number of aliphatic imine (C=N–C) groups is 1. The number of guanidine groups is 1. The van der Waals surface area contributed by atoms with Gasteiger partial charge in [0.15, 0.2) is 5.96 Å². The second-order valence-electron chi connectivity index (χ2n) is 6.77. The van der Waals surface area contributed by atoms with E-state index in [4.69, 9.17) is 4.99 Å². The first-order chi connectivity index (χ1) is 13.0. The number of aromatic nitrogens is 2. The summed E-state index contributed by atoms with van der Waals surface area (Å²) in [5.74, 6) is 0.754. The number of nitrogens with zero attached hydrogens (tertiary/aromatic N) is 3. The summed E-state index contributed by atoms with van der Waals surface area (Å²) in [6.45, 7) is 7.52. The van der Waals surface area contributed by atoms with Crippen LogP contribution >= 0.6 is 24.0 Å². The minimum Gasteiger partial charge on any atom is -0.352 e. The van der Waals surface area contributed by atoms with Gasteiger partial charge in [0.2, 0.25) is 0 Å². The molecule has 3 rings (SSSR count). The van der Waals surface area contributed by atoms with Crippen molar-refractivity contribution in [1.29, 1.82) is 0 Å². The predicted molar refractivity (Wildman–Crippen MR) is 127 cm³/mol. The van der Waals surface area contributed by atoms with Gasteiger partial charge in [-0.2, -0.15) is 5.10 Å². The fraction of sp³-hybridized carbons (Fsp3) is 0.273. The Hall–Kier alpha value is -2.35. The number of halogens is 1. The van der Waals surface area contributed by atoms with E-state index in [1.165, 1.54) is 16.7 Å². The first kappa shape index (κ1) is 21.9. The summed E-state index contributed by atoms with van der Waals surface area (Å²) in [7, 11) is 1.97. The van der Waals surface area contributed by atoms with Crippen molar-refractivity contribution in [2.45, 2.75) is 33.9 Å². The molecule has 2 N–H and O–H groups in total. The van der Waals surface area contributed by atoms with Crippen molar-refractivity contribution in [3.8, 4) is 0 Å². The van der Waals surface area contributed by atoms with E-state index in [1.807, 2.05) is 49.0 Å². The van der Waals surface area contributed by atoms with Gasteiger partial charge in [0.25, 0.3) is 0 Å². The fourth-order valence-electron chi connectivity index (χ4n) is 2.91. The van der Waals surface area contributed by atoms with E-state index in [-0.39, 0.29) is 24.0 Å². The SMILES string of the molecule is Cc1ccc(CN=C(NCc2c(C)nn(C)c2C)Nc2ccccc2)cc1.I. The molecular formula is C22H28IN5. The monoisotopic (exact) mass is 489 g/mol. The summed E-state index contributed by atoms with van der Waals surface area (Å²) in [6, 6.07) is 18.6. The molecule has 0 saturated heterocycles. The highest BCUT2D eigenvalue weighted by Crippen LogP contribution is 2.12. The normalized spacial score (nSPS) is 11.1. The van der Waals surface area contributed by atoms with Crippen LogP contribution in [0.5, 0.6) is 0 Å². The molecule has 0 aliphatic heterocycles. The van der Waals surface area contributed by atoms with Crippen LogP contribution in [-0.2, 0) is 20.1 Å². The maximum absolute atomic E-state index is 4.77. The lowest BCUT2D eigenvalue weighted by Gasteiger charge is -2.13. The molecule has 1 aromatic heterocycles. The minimum absolute atomic E-state index is 0. The minimum atomic E-state index is 0. The lowest BCUT2D eigenvalue weighted by atomic mass is 10.1. The third kappa shape index (κ3) is 5.82. The van der Waals surface area contributed by atoms with Crippen molar-refractivity contribution in [2.75, 3.05) is 5.32 Å². The van der Waals surface area contributed by atoms with Gasteiger partial charge >= 0.3 is 0 Å². The zero-order chi connectivity index (χ0) is 19.2. The number of benzene rings is 2. The van der Waals surface area contributed by atoms with Gasteiger partial charge in [0.1, 0.15) is 0 Å². The van der Waals surface area contributed by atoms with E-state index < -0.39 is 0 Å². The molecule has 0 spiro atoms. The highest BCUT2D eigenvalue weighted by atomic mass is 127.